The molecule has 19 heavy (non-hydrogen) atoms. The van der Waals surface area contributed by atoms with E-state index in [1.807, 2.05) is 12.1 Å². The molecule has 1 heterocycles. The number of nitro benzene ring substituents is 1. The van der Waals surface area contributed by atoms with Crippen molar-refractivity contribution in [2.24, 2.45) is 0 Å². The normalized spacial score (nSPS) is 16.1. The summed E-state index contributed by atoms with van der Waals surface area (Å²) in [5.74, 6) is 0. The average Bonchev–Trinajstić information content (AvgIpc) is 2.40. The summed E-state index contributed by atoms with van der Waals surface area (Å²) in [4.78, 5) is 12.5. The molecule has 0 saturated carbocycles. The van der Waals surface area contributed by atoms with Gasteiger partial charge in [0, 0.05) is 24.7 Å². The lowest BCUT2D eigenvalue weighted by atomic mass is 10.0. The van der Waals surface area contributed by atoms with Gasteiger partial charge in [0.25, 0.3) is 5.69 Å². The van der Waals surface area contributed by atoms with E-state index in [1.54, 1.807) is 12.1 Å². The van der Waals surface area contributed by atoms with Crippen LogP contribution >= 0.6 is 12.4 Å². The van der Waals surface area contributed by atoms with E-state index in [-0.39, 0.29) is 23.0 Å². The van der Waals surface area contributed by atoms with E-state index in [4.69, 9.17) is 0 Å². The van der Waals surface area contributed by atoms with Crippen molar-refractivity contribution in [1.82, 2.24) is 10.2 Å². The van der Waals surface area contributed by atoms with Gasteiger partial charge in [-0.1, -0.05) is 12.1 Å². The lowest BCUT2D eigenvalue weighted by Gasteiger charge is -2.31. The molecular weight excluding hydrogens is 266 g/mol. The molecule has 0 aromatic heterocycles. The molecule has 0 atom stereocenters. The van der Waals surface area contributed by atoms with E-state index in [0.717, 1.165) is 25.2 Å². The zero-order valence-electron chi connectivity index (χ0n) is 11.0. The van der Waals surface area contributed by atoms with Crippen LogP contribution in [0, 0.1) is 10.1 Å². The second-order valence-electron chi connectivity index (χ2n) is 4.82. The molecule has 1 aliphatic heterocycles. The summed E-state index contributed by atoms with van der Waals surface area (Å²) in [6.07, 6.45) is 2.34. The van der Waals surface area contributed by atoms with Crippen molar-refractivity contribution in [3.05, 3.63) is 39.9 Å². The van der Waals surface area contributed by atoms with Crippen molar-refractivity contribution in [3.63, 3.8) is 0 Å². The van der Waals surface area contributed by atoms with Gasteiger partial charge in [-0.25, -0.2) is 0 Å². The van der Waals surface area contributed by atoms with Crippen molar-refractivity contribution in [3.8, 4) is 0 Å². The third-order valence-electron chi connectivity index (χ3n) is 3.51. The van der Waals surface area contributed by atoms with Crippen LogP contribution in [0.2, 0.25) is 0 Å². The Balaban J connectivity index is 0.00000180. The van der Waals surface area contributed by atoms with Crippen LogP contribution in [0.15, 0.2) is 24.3 Å². The van der Waals surface area contributed by atoms with Crippen molar-refractivity contribution in [2.45, 2.75) is 25.4 Å². The Morgan fingerprint density at radius 2 is 1.89 bits per heavy atom. The summed E-state index contributed by atoms with van der Waals surface area (Å²) in [6, 6.07) is 7.45. The second-order valence-corrected chi connectivity index (χ2v) is 4.82. The van der Waals surface area contributed by atoms with E-state index >= 15 is 0 Å². The van der Waals surface area contributed by atoms with Gasteiger partial charge in [0.2, 0.25) is 0 Å². The zero-order chi connectivity index (χ0) is 13.0. The molecule has 1 fully saturated rings. The molecule has 0 radical (unpaired) electrons. The molecule has 1 saturated heterocycles. The van der Waals surface area contributed by atoms with Crippen LogP contribution in [0.25, 0.3) is 0 Å². The molecular formula is C13H20ClN3O2. The Morgan fingerprint density at radius 3 is 2.42 bits per heavy atom. The van der Waals surface area contributed by atoms with E-state index in [9.17, 15) is 10.1 Å². The van der Waals surface area contributed by atoms with Crippen LogP contribution in [0.1, 0.15) is 18.4 Å². The maximum atomic E-state index is 10.6. The van der Waals surface area contributed by atoms with Gasteiger partial charge in [-0.2, -0.15) is 0 Å². The third kappa shape index (κ3) is 4.45. The fraction of sp³-hybridized carbons (Fsp3) is 0.538. The Labute approximate surface area is 119 Å². The van der Waals surface area contributed by atoms with Crippen LogP contribution in [0.3, 0.4) is 0 Å². The van der Waals surface area contributed by atoms with Crippen LogP contribution < -0.4 is 5.32 Å². The molecule has 1 aromatic carbocycles. The predicted molar refractivity (Wildman–Crippen MR) is 77.7 cm³/mol. The molecule has 1 aromatic rings. The molecule has 0 unspecified atom stereocenters. The maximum Gasteiger partial charge on any atom is 0.269 e. The molecule has 0 amide bonds. The van der Waals surface area contributed by atoms with Crippen molar-refractivity contribution >= 4 is 18.1 Å². The summed E-state index contributed by atoms with van der Waals surface area (Å²) in [7, 11) is 2.12. The number of piperidine rings is 1. The quantitative estimate of drug-likeness (QED) is 0.681. The van der Waals surface area contributed by atoms with Gasteiger partial charge >= 0.3 is 0 Å². The first-order valence-corrected chi connectivity index (χ1v) is 6.31. The molecule has 0 bridgehead atoms. The monoisotopic (exact) mass is 285 g/mol. The minimum atomic E-state index is -0.361. The summed E-state index contributed by atoms with van der Waals surface area (Å²) < 4.78 is 0. The van der Waals surface area contributed by atoms with Gasteiger partial charge in [0.05, 0.1) is 4.92 Å². The van der Waals surface area contributed by atoms with E-state index in [1.165, 1.54) is 12.8 Å². The van der Waals surface area contributed by atoms with Crippen LogP contribution in [-0.4, -0.2) is 36.0 Å². The van der Waals surface area contributed by atoms with Crippen LogP contribution in [0.5, 0.6) is 0 Å². The maximum absolute atomic E-state index is 10.6. The minimum Gasteiger partial charge on any atom is -0.317 e. The van der Waals surface area contributed by atoms with Gasteiger partial charge in [-0.3, -0.25) is 15.0 Å². The molecule has 1 N–H and O–H groups in total. The fourth-order valence-electron chi connectivity index (χ4n) is 2.39. The van der Waals surface area contributed by atoms with E-state index in [2.05, 4.69) is 17.3 Å². The Bertz CT molecular complexity index is 405. The van der Waals surface area contributed by atoms with Gasteiger partial charge < -0.3 is 5.32 Å². The molecule has 5 nitrogen and oxygen atoms in total. The summed E-state index contributed by atoms with van der Waals surface area (Å²) in [5, 5.41) is 13.9. The number of nitrogens with one attached hydrogen (secondary N) is 1. The molecule has 106 valence electrons. The highest BCUT2D eigenvalue weighted by Crippen LogP contribution is 2.16. The summed E-state index contributed by atoms with van der Waals surface area (Å²) in [5.41, 5.74) is 1.28. The van der Waals surface area contributed by atoms with Crippen molar-refractivity contribution < 1.29 is 4.92 Å². The van der Waals surface area contributed by atoms with E-state index < -0.39 is 0 Å². The number of hydrogen-bond acceptors (Lipinski definition) is 4. The lowest BCUT2D eigenvalue weighted by molar-refractivity contribution is -0.384. The number of halogens is 1. The lowest BCUT2D eigenvalue weighted by Crippen LogP contribution is -2.40. The standard InChI is InChI=1S/C13H19N3O2.ClH/c1-15(12-6-8-14-9-7-12)10-11-2-4-13(5-3-11)16(17)18;/h2-5,12,14H,6-10H2,1H3;1H. The number of nitrogens with zero attached hydrogens (tertiary/aromatic N) is 2. The Morgan fingerprint density at radius 1 is 1.32 bits per heavy atom. The van der Waals surface area contributed by atoms with Crippen LogP contribution in [0.4, 0.5) is 5.69 Å². The predicted octanol–water partition coefficient (Wildman–Crippen LogP) is 2.20. The smallest absolute Gasteiger partial charge is 0.269 e. The first kappa shape index (κ1) is 15.9. The fourth-order valence-corrected chi connectivity index (χ4v) is 2.39. The highest BCUT2D eigenvalue weighted by molar-refractivity contribution is 5.85. The topological polar surface area (TPSA) is 58.4 Å². The first-order chi connectivity index (χ1) is 8.66. The number of benzene rings is 1. The second kappa shape index (κ2) is 7.43. The molecule has 1 aliphatic rings. The van der Waals surface area contributed by atoms with Gasteiger partial charge in [-0.15, -0.1) is 12.4 Å². The molecule has 0 spiro atoms. The summed E-state index contributed by atoms with van der Waals surface area (Å²) in [6.45, 7) is 3.01. The SMILES string of the molecule is CN(Cc1ccc([N+](=O)[O-])cc1)C1CCNCC1.Cl. The number of non-ortho nitro benzene ring substituents is 1. The molecule has 0 aliphatic carbocycles. The zero-order valence-corrected chi connectivity index (χ0v) is 11.9. The number of rotatable bonds is 4. The number of hydrogen-bond donors (Lipinski definition) is 1. The largest absolute Gasteiger partial charge is 0.317 e. The number of nitro groups is 1. The average molecular weight is 286 g/mol. The first-order valence-electron chi connectivity index (χ1n) is 6.31. The van der Waals surface area contributed by atoms with Crippen LogP contribution in [-0.2, 0) is 6.54 Å². The third-order valence-corrected chi connectivity index (χ3v) is 3.51. The highest BCUT2D eigenvalue weighted by atomic mass is 35.5. The molecule has 6 heteroatoms. The van der Waals surface area contributed by atoms with Gasteiger partial charge in [0.1, 0.15) is 0 Å². The Kier molecular flexibility index (Phi) is 6.21. The van der Waals surface area contributed by atoms with Gasteiger partial charge in [-0.05, 0) is 38.5 Å². The minimum absolute atomic E-state index is 0. The van der Waals surface area contributed by atoms with E-state index in [0.29, 0.717) is 6.04 Å². The Hall–Kier alpha value is -1.17. The van der Waals surface area contributed by atoms with Crippen molar-refractivity contribution in [2.75, 3.05) is 20.1 Å². The summed E-state index contributed by atoms with van der Waals surface area (Å²) >= 11 is 0. The van der Waals surface area contributed by atoms with Gasteiger partial charge in [0.15, 0.2) is 0 Å². The van der Waals surface area contributed by atoms with Crippen molar-refractivity contribution in [1.29, 1.82) is 0 Å². The molecule has 2 rings (SSSR count). The highest BCUT2D eigenvalue weighted by Gasteiger charge is 2.17.